The van der Waals surface area contributed by atoms with Crippen LogP contribution in [0.2, 0.25) is 0 Å². The van der Waals surface area contributed by atoms with Crippen LogP contribution in [-0.2, 0) is 4.74 Å². The van der Waals surface area contributed by atoms with Crippen LogP contribution in [0.5, 0.6) is 0 Å². The smallest absolute Gasteiger partial charge is 0.0594 e. The zero-order valence-corrected chi connectivity index (χ0v) is 9.41. The Morgan fingerprint density at radius 1 is 1.36 bits per heavy atom. The third-order valence-electron chi connectivity index (χ3n) is 2.75. The minimum absolute atomic E-state index is 0.623. The zero-order valence-electron chi connectivity index (χ0n) is 9.41. The fourth-order valence-corrected chi connectivity index (χ4v) is 1.88. The summed E-state index contributed by atoms with van der Waals surface area (Å²) in [5.41, 5.74) is 5.35. The molecule has 1 aliphatic rings. The van der Waals surface area contributed by atoms with Gasteiger partial charge in [0.2, 0.25) is 0 Å². The SMILES string of the molecule is CC1CN(C)CCN1CCOCCN. The molecule has 1 aliphatic heterocycles. The fraction of sp³-hybridized carbons (Fsp3) is 1.00. The van der Waals surface area contributed by atoms with E-state index in [2.05, 4.69) is 23.8 Å². The predicted molar refractivity (Wildman–Crippen MR) is 58.4 cm³/mol. The Kier molecular flexibility index (Phi) is 5.40. The molecule has 0 aromatic rings. The first-order valence-corrected chi connectivity index (χ1v) is 5.44. The topological polar surface area (TPSA) is 41.7 Å². The van der Waals surface area contributed by atoms with Crippen LogP contribution in [0.25, 0.3) is 0 Å². The summed E-state index contributed by atoms with van der Waals surface area (Å²) in [7, 11) is 2.18. The minimum atomic E-state index is 0.623. The second-order valence-corrected chi connectivity index (χ2v) is 4.05. The van der Waals surface area contributed by atoms with Gasteiger partial charge in [-0.3, -0.25) is 4.90 Å². The summed E-state index contributed by atoms with van der Waals surface area (Å²) in [6.07, 6.45) is 0. The van der Waals surface area contributed by atoms with Crippen LogP contribution in [0.1, 0.15) is 6.92 Å². The van der Waals surface area contributed by atoms with Gasteiger partial charge in [0, 0.05) is 38.8 Å². The Hall–Kier alpha value is -0.160. The number of hydrogen-bond acceptors (Lipinski definition) is 4. The average molecular weight is 201 g/mol. The van der Waals surface area contributed by atoms with Crippen LogP contribution >= 0.6 is 0 Å². The van der Waals surface area contributed by atoms with E-state index in [0.29, 0.717) is 19.2 Å². The van der Waals surface area contributed by atoms with Gasteiger partial charge in [0.05, 0.1) is 13.2 Å². The first kappa shape index (κ1) is 11.9. The predicted octanol–water partition coefficient (Wildman–Crippen LogP) is -0.402. The average Bonchev–Trinajstić information content (AvgIpc) is 2.15. The zero-order chi connectivity index (χ0) is 10.4. The molecular formula is C10H23N3O. The maximum atomic E-state index is 5.38. The number of likely N-dealkylation sites (N-methyl/N-ethyl adjacent to an activating group) is 1. The van der Waals surface area contributed by atoms with Gasteiger partial charge >= 0.3 is 0 Å². The van der Waals surface area contributed by atoms with E-state index in [4.69, 9.17) is 10.5 Å². The highest BCUT2D eigenvalue weighted by Crippen LogP contribution is 2.06. The van der Waals surface area contributed by atoms with Crippen LogP contribution in [0, 0.1) is 0 Å². The molecule has 0 spiro atoms. The molecule has 1 atom stereocenters. The second-order valence-electron chi connectivity index (χ2n) is 4.05. The van der Waals surface area contributed by atoms with E-state index in [1.165, 1.54) is 6.54 Å². The number of nitrogens with zero attached hydrogens (tertiary/aromatic N) is 2. The van der Waals surface area contributed by atoms with Crippen LogP contribution in [0.4, 0.5) is 0 Å². The molecule has 0 bridgehead atoms. The fourth-order valence-electron chi connectivity index (χ4n) is 1.88. The van der Waals surface area contributed by atoms with Crippen molar-refractivity contribution >= 4 is 0 Å². The summed E-state index contributed by atoms with van der Waals surface area (Å²) >= 11 is 0. The lowest BCUT2D eigenvalue weighted by Gasteiger charge is -2.38. The van der Waals surface area contributed by atoms with E-state index >= 15 is 0 Å². The molecule has 0 amide bonds. The number of hydrogen-bond donors (Lipinski definition) is 1. The molecule has 1 unspecified atom stereocenters. The third kappa shape index (κ3) is 3.92. The monoisotopic (exact) mass is 201 g/mol. The number of rotatable bonds is 5. The van der Waals surface area contributed by atoms with Crippen LogP contribution < -0.4 is 5.73 Å². The lowest BCUT2D eigenvalue weighted by molar-refractivity contribution is 0.0566. The molecular weight excluding hydrogens is 178 g/mol. The van der Waals surface area contributed by atoms with Crippen molar-refractivity contribution in [3.63, 3.8) is 0 Å². The lowest BCUT2D eigenvalue weighted by atomic mass is 10.2. The molecule has 1 saturated heterocycles. The highest BCUT2D eigenvalue weighted by atomic mass is 16.5. The van der Waals surface area contributed by atoms with Crippen LogP contribution in [-0.4, -0.2) is 68.8 Å². The van der Waals surface area contributed by atoms with Gasteiger partial charge in [0.25, 0.3) is 0 Å². The normalized spacial score (nSPS) is 25.5. The summed E-state index contributed by atoms with van der Waals surface area (Å²) < 4.78 is 5.38. The van der Waals surface area contributed by atoms with Crippen molar-refractivity contribution in [2.24, 2.45) is 5.73 Å². The van der Waals surface area contributed by atoms with Crippen molar-refractivity contribution in [1.29, 1.82) is 0 Å². The summed E-state index contributed by atoms with van der Waals surface area (Å²) in [5.74, 6) is 0. The standard InChI is InChI=1S/C10H23N3O/c1-10-9-12(2)4-5-13(10)6-8-14-7-3-11/h10H,3-9,11H2,1-2H3. The largest absolute Gasteiger partial charge is 0.379 e. The first-order chi connectivity index (χ1) is 6.74. The quantitative estimate of drug-likeness (QED) is 0.615. The van der Waals surface area contributed by atoms with E-state index in [0.717, 1.165) is 26.2 Å². The van der Waals surface area contributed by atoms with Gasteiger partial charge in [-0.25, -0.2) is 0 Å². The van der Waals surface area contributed by atoms with Crippen molar-refractivity contribution in [3.8, 4) is 0 Å². The van der Waals surface area contributed by atoms with Gasteiger partial charge in [-0.1, -0.05) is 0 Å². The van der Waals surface area contributed by atoms with Crippen molar-refractivity contribution in [2.75, 3.05) is 53.0 Å². The van der Waals surface area contributed by atoms with E-state index in [1.807, 2.05) is 0 Å². The van der Waals surface area contributed by atoms with E-state index in [9.17, 15) is 0 Å². The maximum absolute atomic E-state index is 5.38. The Bertz CT molecular complexity index is 154. The molecule has 1 heterocycles. The van der Waals surface area contributed by atoms with Gasteiger partial charge in [-0.15, -0.1) is 0 Å². The molecule has 0 radical (unpaired) electrons. The van der Waals surface area contributed by atoms with Crippen LogP contribution in [0.15, 0.2) is 0 Å². The molecule has 4 heteroatoms. The molecule has 0 saturated carbocycles. The Labute approximate surface area is 87.0 Å². The van der Waals surface area contributed by atoms with E-state index in [-0.39, 0.29) is 0 Å². The Morgan fingerprint density at radius 3 is 2.79 bits per heavy atom. The molecule has 1 fully saturated rings. The Morgan fingerprint density at radius 2 is 2.14 bits per heavy atom. The van der Waals surface area contributed by atoms with Gasteiger partial charge in [0.1, 0.15) is 0 Å². The Balaban J connectivity index is 2.11. The molecule has 1 rings (SSSR count). The summed E-state index contributed by atoms with van der Waals surface area (Å²) in [6.45, 7) is 8.92. The number of nitrogens with two attached hydrogens (primary N) is 1. The van der Waals surface area contributed by atoms with Gasteiger partial charge in [-0.2, -0.15) is 0 Å². The summed E-state index contributed by atoms with van der Waals surface area (Å²) in [4.78, 5) is 4.86. The molecule has 0 aromatic heterocycles. The molecule has 0 aliphatic carbocycles. The minimum Gasteiger partial charge on any atom is -0.379 e. The highest BCUT2D eigenvalue weighted by molar-refractivity contribution is 4.76. The third-order valence-corrected chi connectivity index (χ3v) is 2.75. The highest BCUT2D eigenvalue weighted by Gasteiger charge is 2.20. The second kappa shape index (κ2) is 6.35. The lowest BCUT2D eigenvalue weighted by Crippen LogP contribution is -2.51. The van der Waals surface area contributed by atoms with E-state index in [1.54, 1.807) is 0 Å². The number of piperazine rings is 1. The van der Waals surface area contributed by atoms with Gasteiger partial charge in [-0.05, 0) is 14.0 Å². The molecule has 2 N–H and O–H groups in total. The molecule has 4 nitrogen and oxygen atoms in total. The van der Waals surface area contributed by atoms with Crippen molar-refractivity contribution < 1.29 is 4.74 Å². The van der Waals surface area contributed by atoms with Crippen molar-refractivity contribution in [1.82, 2.24) is 9.80 Å². The molecule has 0 aromatic carbocycles. The first-order valence-electron chi connectivity index (χ1n) is 5.44. The van der Waals surface area contributed by atoms with Crippen molar-refractivity contribution in [3.05, 3.63) is 0 Å². The summed E-state index contributed by atoms with van der Waals surface area (Å²) in [5, 5.41) is 0. The van der Waals surface area contributed by atoms with Crippen molar-refractivity contribution in [2.45, 2.75) is 13.0 Å². The van der Waals surface area contributed by atoms with Gasteiger partial charge < -0.3 is 15.4 Å². The molecule has 84 valence electrons. The summed E-state index contributed by atoms with van der Waals surface area (Å²) in [6, 6.07) is 0.648. The van der Waals surface area contributed by atoms with Gasteiger partial charge in [0.15, 0.2) is 0 Å². The van der Waals surface area contributed by atoms with E-state index < -0.39 is 0 Å². The molecule has 14 heavy (non-hydrogen) atoms. The maximum Gasteiger partial charge on any atom is 0.0594 e. The number of ether oxygens (including phenoxy) is 1. The van der Waals surface area contributed by atoms with Crippen LogP contribution in [0.3, 0.4) is 0 Å².